The molecule has 21 heavy (non-hydrogen) atoms. The van der Waals surface area contributed by atoms with Crippen LogP contribution in [0.5, 0.6) is 0 Å². The first-order valence-corrected chi connectivity index (χ1v) is 8.95. The summed E-state index contributed by atoms with van der Waals surface area (Å²) in [6.07, 6.45) is 3.97. The van der Waals surface area contributed by atoms with E-state index in [1.54, 1.807) is 0 Å². The van der Waals surface area contributed by atoms with Crippen molar-refractivity contribution in [3.05, 3.63) is 0 Å². The molecule has 126 valence electrons. The van der Waals surface area contributed by atoms with Gasteiger partial charge in [0.05, 0.1) is 0 Å². The largest absolute Gasteiger partial charge is 0.317 e. The van der Waals surface area contributed by atoms with Crippen LogP contribution >= 0.6 is 0 Å². The molecule has 0 aromatic rings. The summed E-state index contributed by atoms with van der Waals surface area (Å²) in [5.74, 6) is 1.88. The number of nitrogens with one attached hydrogen (secondary N) is 2. The quantitative estimate of drug-likeness (QED) is 0.476. The normalized spacial score (nSPS) is 21.4. The lowest BCUT2D eigenvalue weighted by molar-refractivity contribution is 0.274. The van der Waals surface area contributed by atoms with E-state index in [-0.39, 0.29) is 0 Å². The molecule has 0 spiro atoms. The van der Waals surface area contributed by atoms with Gasteiger partial charge in [-0.15, -0.1) is 0 Å². The molecule has 0 heterocycles. The van der Waals surface area contributed by atoms with Crippen LogP contribution < -0.4 is 10.6 Å². The smallest absolute Gasteiger partial charge is 0.000986 e. The number of hydrogen-bond donors (Lipinski definition) is 2. The van der Waals surface area contributed by atoms with Crippen LogP contribution in [0.4, 0.5) is 0 Å². The standard InChI is InChI=1S/C17H38N4/c1-5-18-9-7-10-19-14-16-13-17(16)15-21(4)12-8-11-20(3)6-2/h16-19H,5-15H2,1-4H3. The van der Waals surface area contributed by atoms with Crippen LogP contribution in [0.15, 0.2) is 0 Å². The monoisotopic (exact) mass is 298 g/mol. The highest BCUT2D eigenvalue weighted by Gasteiger charge is 2.36. The highest BCUT2D eigenvalue weighted by Crippen LogP contribution is 2.38. The van der Waals surface area contributed by atoms with E-state index in [1.165, 1.54) is 45.4 Å². The molecule has 2 N–H and O–H groups in total. The third kappa shape index (κ3) is 9.46. The van der Waals surface area contributed by atoms with Gasteiger partial charge in [-0.05, 0) is 91.0 Å². The first-order chi connectivity index (χ1) is 10.2. The third-order valence-electron chi connectivity index (χ3n) is 4.60. The van der Waals surface area contributed by atoms with E-state index in [9.17, 15) is 0 Å². The summed E-state index contributed by atoms with van der Waals surface area (Å²) in [5, 5.41) is 6.98. The van der Waals surface area contributed by atoms with Gasteiger partial charge in [0.25, 0.3) is 0 Å². The zero-order chi connectivity index (χ0) is 15.5. The molecule has 2 unspecified atom stereocenters. The van der Waals surface area contributed by atoms with Crippen molar-refractivity contribution in [2.24, 2.45) is 11.8 Å². The summed E-state index contributed by atoms with van der Waals surface area (Å²) in [4.78, 5) is 4.92. The Hall–Kier alpha value is -0.160. The maximum Gasteiger partial charge on any atom is 0.000986 e. The first-order valence-electron chi connectivity index (χ1n) is 8.95. The second-order valence-corrected chi connectivity index (χ2v) is 6.68. The molecular formula is C17H38N4. The molecule has 0 radical (unpaired) electrons. The highest BCUT2D eigenvalue weighted by molar-refractivity contribution is 4.89. The van der Waals surface area contributed by atoms with Gasteiger partial charge in [0.2, 0.25) is 0 Å². The highest BCUT2D eigenvalue weighted by atomic mass is 15.1. The van der Waals surface area contributed by atoms with Gasteiger partial charge >= 0.3 is 0 Å². The molecule has 1 aliphatic carbocycles. The molecule has 1 saturated carbocycles. The van der Waals surface area contributed by atoms with E-state index < -0.39 is 0 Å². The lowest BCUT2D eigenvalue weighted by atomic mass is 10.2. The Morgan fingerprint density at radius 2 is 1.62 bits per heavy atom. The van der Waals surface area contributed by atoms with Crippen LogP contribution in [0.1, 0.15) is 33.1 Å². The Kier molecular flexibility index (Phi) is 10.3. The van der Waals surface area contributed by atoms with E-state index in [0.29, 0.717) is 0 Å². The summed E-state index contributed by atoms with van der Waals surface area (Å²) >= 11 is 0. The predicted octanol–water partition coefficient (Wildman–Crippen LogP) is 1.49. The average molecular weight is 299 g/mol. The van der Waals surface area contributed by atoms with Crippen molar-refractivity contribution >= 4 is 0 Å². The first kappa shape index (κ1) is 18.9. The third-order valence-corrected chi connectivity index (χ3v) is 4.60. The average Bonchev–Trinajstić information content (AvgIpc) is 3.20. The Labute approximate surface area is 132 Å². The fraction of sp³-hybridized carbons (Fsp3) is 1.00. The predicted molar refractivity (Wildman–Crippen MR) is 92.9 cm³/mol. The maximum absolute atomic E-state index is 3.61. The van der Waals surface area contributed by atoms with Crippen molar-refractivity contribution in [3.8, 4) is 0 Å². The van der Waals surface area contributed by atoms with Crippen molar-refractivity contribution < 1.29 is 0 Å². The van der Waals surface area contributed by atoms with Gasteiger partial charge in [-0.25, -0.2) is 0 Å². The van der Waals surface area contributed by atoms with E-state index in [2.05, 4.69) is 48.4 Å². The summed E-state index contributed by atoms with van der Waals surface area (Å²) in [6.45, 7) is 13.9. The summed E-state index contributed by atoms with van der Waals surface area (Å²) in [5.41, 5.74) is 0. The molecule has 0 amide bonds. The molecule has 0 bridgehead atoms. The van der Waals surface area contributed by atoms with E-state index in [1.807, 2.05) is 0 Å². The molecule has 0 aromatic carbocycles. The van der Waals surface area contributed by atoms with Crippen LogP contribution in [0.25, 0.3) is 0 Å². The van der Waals surface area contributed by atoms with Gasteiger partial charge in [-0.3, -0.25) is 0 Å². The van der Waals surface area contributed by atoms with Gasteiger partial charge in [-0.2, -0.15) is 0 Å². The van der Waals surface area contributed by atoms with Crippen LogP contribution in [-0.4, -0.2) is 76.3 Å². The van der Waals surface area contributed by atoms with Crippen LogP contribution in [0.3, 0.4) is 0 Å². The SMILES string of the molecule is CCNCCCNCC1CC1CN(C)CCCN(C)CC. The van der Waals surface area contributed by atoms with Gasteiger partial charge in [0.15, 0.2) is 0 Å². The van der Waals surface area contributed by atoms with Crippen LogP contribution in [0, 0.1) is 11.8 Å². The number of rotatable bonds is 14. The van der Waals surface area contributed by atoms with Crippen molar-refractivity contribution in [2.75, 3.05) is 66.5 Å². The van der Waals surface area contributed by atoms with Gasteiger partial charge in [-0.1, -0.05) is 13.8 Å². The van der Waals surface area contributed by atoms with Crippen LogP contribution in [0.2, 0.25) is 0 Å². The second-order valence-electron chi connectivity index (χ2n) is 6.68. The molecular weight excluding hydrogens is 260 g/mol. The Morgan fingerprint density at radius 1 is 0.905 bits per heavy atom. The summed E-state index contributed by atoms with van der Waals surface area (Å²) in [6, 6.07) is 0. The molecule has 2 atom stereocenters. The van der Waals surface area contributed by atoms with Gasteiger partial charge < -0.3 is 20.4 Å². The molecule has 1 aliphatic rings. The number of hydrogen-bond acceptors (Lipinski definition) is 4. The minimum atomic E-state index is 0.935. The Bertz CT molecular complexity index is 247. The molecule has 1 rings (SSSR count). The van der Waals surface area contributed by atoms with Gasteiger partial charge in [0.1, 0.15) is 0 Å². The lowest BCUT2D eigenvalue weighted by Crippen LogP contribution is -2.28. The Balaban J connectivity index is 1.90. The van der Waals surface area contributed by atoms with Gasteiger partial charge in [0, 0.05) is 6.54 Å². The van der Waals surface area contributed by atoms with Crippen molar-refractivity contribution in [2.45, 2.75) is 33.1 Å². The molecule has 0 aromatic heterocycles. The Morgan fingerprint density at radius 3 is 2.33 bits per heavy atom. The topological polar surface area (TPSA) is 30.5 Å². The molecule has 1 fully saturated rings. The van der Waals surface area contributed by atoms with Crippen molar-refractivity contribution in [3.63, 3.8) is 0 Å². The lowest BCUT2D eigenvalue weighted by Gasteiger charge is -2.19. The van der Waals surface area contributed by atoms with E-state index >= 15 is 0 Å². The molecule has 0 aliphatic heterocycles. The fourth-order valence-corrected chi connectivity index (χ4v) is 2.85. The molecule has 4 nitrogen and oxygen atoms in total. The minimum Gasteiger partial charge on any atom is -0.317 e. The maximum atomic E-state index is 3.61. The molecule has 0 saturated heterocycles. The minimum absolute atomic E-state index is 0.935. The zero-order valence-electron chi connectivity index (χ0n) is 14.8. The van der Waals surface area contributed by atoms with Crippen LogP contribution in [-0.2, 0) is 0 Å². The van der Waals surface area contributed by atoms with E-state index in [4.69, 9.17) is 0 Å². The summed E-state index contributed by atoms with van der Waals surface area (Å²) < 4.78 is 0. The van der Waals surface area contributed by atoms with Crippen molar-refractivity contribution in [1.29, 1.82) is 0 Å². The van der Waals surface area contributed by atoms with E-state index in [0.717, 1.165) is 38.0 Å². The molecule has 4 heteroatoms. The summed E-state index contributed by atoms with van der Waals surface area (Å²) in [7, 11) is 4.49. The zero-order valence-corrected chi connectivity index (χ0v) is 14.8. The fourth-order valence-electron chi connectivity index (χ4n) is 2.85. The number of nitrogens with zero attached hydrogens (tertiary/aromatic N) is 2. The van der Waals surface area contributed by atoms with Crippen molar-refractivity contribution in [1.82, 2.24) is 20.4 Å². The second kappa shape index (κ2) is 11.4.